The van der Waals surface area contributed by atoms with Crippen LogP contribution >= 0.6 is 11.3 Å². The van der Waals surface area contributed by atoms with E-state index >= 15 is 0 Å². The lowest BCUT2D eigenvalue weighted by Crippen LogP contribution is -2.53. The second kappa shape index (κ2) is 7.93. The number of fused-ring (bicyclic) bond motifs is 12. The smallest absolute Gasteiger partial charge is 0.332 e. The van der Waals surface area contributed by atoms with Crippen molar-refractivity contribution in [3.05, 3.63) is 126 Å². The van der Waals surface area contributed by atoms with Crippen LogP contribution in [0.4, 0.5) is 0 Å². The molecule has 2 nitrogen and oxygen atoms in total. The first-order valence-corrected chi connectivity index (χ1v) is 15.5. The van der Waals surface area contributed by atoms with Crippen molar-refractivity contribution in [3.8, 4) is 5.69 Å². The van der Waals surface area contributed by atoms with E-state index in [9.17, 15) is 0 Å². The molecule has 0 N–H and O–H groups in total. The zero-order valence-corrected chi connectivity index (χ0v) is 24.2. The third-order valence-corrected chi connectivity index (χ3v) is 10.8. The Morgan fingerprint density at radius 3 is 1.98 bits per heavy atom. The van der Waals surface area contributed by atoms with Gasteiger partial charge in [0.05, 0.1) is 11.0 Å². The van der Waals surface area contributed by atoms with Crippen LogP contribution in [-0.4, -0.2) is 15.9 Å². The quantitative estimate of drug-likeness (QED) is 0.180. The summed E-state index contributed by atoms with van der Waals surface area (Å²) in [5, 5.41) is 8.07. The molecule has 0 spiro atoms. The maximum atomic E-state index is 2.65. The van der Waals surface area contributed by atoms with Crippen LogP contribution in [0.3, 0.4) is 0 Å². The maximum absolute atomic E-state index is 2.65. The van der Waals surface area contributed by atoms with Crippen LogP contribution < -0.4 is 10.9 Å². The first-order chi connectivity index (χ1) is 20.7. The molecule has 0 saturated heterocycles. The van der Waals surface area contributed by atoms with Gasteiger partial charge in [-0.2, -0.15) is 0 Å². The molecule has 1 aliphatic rings. The van der Waals surface area contributed by atoms with Crippen LogP contribution in [0.1, 0.15) is 11.1 Å². The highest BCUT2D eigenvalue weighted by Gasteiger charge is 2.36. The molecule has 0 amide bonds. The minimum Gasteiger partial charge on any atom is -0.375 e. The van der Waals surface area contributed by atoms with E-state index in [2.05, 4.69) is 138 Å². The molecular weight excluding hydrogens is 527 g/mol. The van der Waals surface area contributed by atoms with Crippen LogP contribution in [0, 0.1) is 13.8 Å². The number of hydrogen-bond acceptors (Lipinski definition) is 1. The van der Waals surface area contributed by atoms with Gasteiger partial charge in [-0.3, -0.25) is 0 Å². The lowest BCUT2D eigenvalue weighted by Gasteiger charge is -2.29. The summed E-state index contributed by atoms with van der Waals surface area (Å²) in [6.07, 6.45) is 0. The standard InChI is InChI=1S/C38H25BN2S/c1-22-10-7-13-25-26-14-8-11-23(2)36(26)41(35(22)25)39-29-16-4-5-18-31(29)40-32-21-20-27-24-12-3-6-19-33(24)42-38(27)34(32)28-15-9-17-30(39)37(28)40/h3-21H,1-2H3. The molecule has 10 rings (SSSR count). The Labute approximate surface area is 247 Å². The van der Waals surface area contributed by atoms with Gasteiger partial charge in [0.25, 0.3) is 0 Å². The normalized spacial score (nSPS) is 13.0. The molecule has 196 valence electrons. The Kier molecular flexibility index (Phi) is 4.32. The number of thiophene rings is 1. The highest BCUT2D eigenvalue weighted by molar-refractivity contribution is 7.26. The van der Waals surface area contributed by atoms with Gasteiger partial charge in [0.15, 0.2) is 0 Å². The van der Waals surface area contributed by atoms with Gasteiger partial charge in [-0.25, -0.2) is 0 Å². The molecule has 0 radical (unpaired) electrons. The van der Waals surface area contributed by atoms with Crippen LogP contribution in [-0.2, 0) is 0 Å². The van der Waals surface area contributed by atoms with Crippen molar-refractivity contribution in [2.75, 3.05) is 0 Å². The van der Waals surface area contributed by atoms with Gasteiger partial charge in [0, 0.05) is 58.4 Å². The molecule has 4 heterocycles. The van der Waals surface area contributed by atoms with E-state index in [0.29, 0.717) is 0 Å². The highest BCUT2D eigenvalue weighted by atomic mass is 32.1. The zero-order valence-electron chi connectivity index (χ0n) is 23.3. The molecule has 1 aliphatic heterocycles. The van der Waals surface area contributed by atoms with Crippen molar-refractivity contribution >= 4 is 92.9 Å². The van der Waals surface area contributed by atoms with Gasteiger partial charge in [-0.15, -0.1) is 11.3 Å². The number of nitrogens with zero attached hydrogens (tertiary/aromatic N) is 2. The van der Waals surface area contributed by atoms with Crippen molar-refractivity contribution in [1.29, 1.82) is 0 Å². The van der Waals surface area contributed by atoms with Crippen LogP contribution in [0.5, 0.6) is 0 Å². The fourth-order valence-electron chi connectivity index (χ4n) is 7.96. The SMILES string of the molecule is Cc1cccc2c3cccc(C)c3n(B3c4ccccc4-n4c5ccc6c7ccccc7sc6c5c5cccc3c54)c12. The highest BCUT2D eigenvalue weighted by Crippen LogP contribution is 2.44. The zero-order chi connectivity index (χ0) is 27.7. The third-order valence-electron chi connectivity index (χ3n) is 9.60. The minimum absolute atomic E-state index is 0.0572. The monoisotopic (exact) mass is 552 g/mol. The number of hydrogen-bond donors (Lipinski definition) is 0. The molecule has 0 unspecified atom stereocenters. The summed E-state index contributed by atoms with van der Waals surface area (Å²) in [5.74, 6) is 0. The first kappa shape index (κ1) is 22.8. The van der Waals surface area contributed by atoms with E-state index in [1.165, 1.54) is 91.5 Å². The summed E-state index contributed by atoms with van der Waals surface area (Å²) in [6.45, 7) is 4.58. The second-order valence-electron chi connectivity index (χ2n) is 11.8. The van der Waals surface area contributed by atoms with E-state index in [1.807, 2.05) is 11.3 Å². The van der Waals surface area contributed by atoms with Crippen LogP contribution in [0.25, 0.3) is 69.5 Å². The van der Waals surface area contributed by atoms with Crippen LogP contribution in [0.2, 0.25) is 0 Å². The lowest BCUT2D eigenvalue weighted by atomic mass is 9.48. The number of benzene rings is 6. The molecule has 0 fully saturated rings. The molecule has 0 saturated carbocycles. The number of rotatable bonds is 1. The van der Waals surface area contributed by atoms with Gasteiger partial charge >= 0.3 is 6.85 Å². The maximum Gasteiger partial charge on any atom is 0.332 e. The number of aromatic nitrogens is 2. The summed E-state index contributed by atoms with van der Waals surface area (Å²) in [7, 11) is 0. The molecular formula is C38H25BN2S. The summed E-state index contributed by atoms with van der Waals surface area (Å²) in [6, 6.07) is 43.1. The van der Waals surface area contributed by atoms with E-state index in [1.54, 1.807) is 0 Å². The molecule has 0 bridgehead atoms. The third kappa shape index (κ3) is 2.67. The minimum atomic E-state index is 0.0572. The number of aryl methyl sites for hydroxylation is 2. The predicted molar refractivity (Wildman–Crippen MR) is 183 cm³/mol. The number of para-hydroxylation sites is 4. The molecule has 0 aliphatic carbocycles. The fraction of sp³-hybridized carbons (Fsp3) is 0.0526. The van der Waals surface area contributed by atoms with Gasteiger partial charge in [0.1, 0.15) is 0 Å². The Bertz CT molecular complexity index is 2560. The molecule has 9 aromatic rings. The molecule has 6 aromatic carbocycles. The molecule has 42 heavy (non-hydrogen) atoms. The van der Waals surface area contributed by atoms with Crippen LogP contribution in [0.15, 0.2) is 115 Å². The summed E-state index contributed by atoms with van der Waals surface area (Å²) in [4.78, 5) is 0. The molecule has 0 atom stereocenters. The first-order valence-electron chi connectivity index (χ1n) is 14.7. The van der Waals surface area contributed by atoms with E-state index in [4.69, 9.17) is 0 Å². The van der Waals surface area contributed by atoms with E-state index in [0.717, 1.165) is 0 Å². The average Bonchev–Trinajstić information content (AvgIpc) is 3.68. The van der Waals surface area contributed by atoms with Crippen molar-refractivity contribution in [2.45, 2.75) is 13.8 Å². The fourth-order valence-corrected chi connectivity index (χ4v) is 9.22. The van der Waals surface area contributed by atoms with Crippen molar-refractivity contribution in [3.63, 3.8) is 0 Å². The summed E-state index contributed by atoms with van der Waals surface area (Å²) in [5.41, 5.74) is 11.9. The Morgan fingerprint density at radius 2 is 1.17 bits per heavy atom. The van der Waals surface area contributed by atoms with Crippen molar-refractivity contribution in [1.82, 2.24) is 9.05 Å². The van der Waals surface area contributed by atoms with Crippen molar-refractivity contribution in [2.24, 2.45) is 0 Å². The second-order valence-corrected chi connectivity index (χ2v) is 12.8. The molecule has 4 heteroatoms. The summed E-state index contributed by atoms with van der Waals surface area (Å²) >= 11 is 1.93. The van der Waals surface area contributed by atoms with Gasteiger partial charge in [0.2, 0.25) is 0 Å². The van der Waals surface area contributed by atoms with Gasteiger partial charge < -0.3 is 9.05 Å². The van der Waals surface area contributed by atoms with E-state index < -0.39 is 0 Å². The van der Waals surface area contributed by atoms with E-state index in [-0.39, 0.29) is 6.85 Å². The predicted octanol–water partition coefficient (Wildman–Crippen LogP) is 8.84. The Hall–Kier alpha value is -4.80. The largest absolute Gasteiger partial charge is 0.375 e. The lowest BCUT2D eigenvalue weighted by molar-refractivity contribution is 1.18. The Morgan fingerprint density at radius 1 is 0.524 bits per heavy atom. The topological polar surface area (TPSA) is 9.86 Å². The molecule has 3 aromatic heterocycles. The average molecular weight is 553 g/mol. The van der Waals surface area contributed by atoms with Crippen molar-refractivity contribution < 1.29 is 0 Å². The summed E-state index contributed by atoms with van der Waals surface area (Å²) < 4.78 is 7.93. The Balaban J connectivity index is 1.43. The van der Waals surface area contributed by atoms with Gasteiger partial charge in [-0.1, -0.05) is 97.1 Å². The van der Waals surface area contributed by atoms with Gasteiger partial charge in [-0.05, 0) is 54.1 Å².